The summed E-state index contributed by atoms with van der Waals surface area (Å²) in [5.41, 5.74) is 6.12. The van der Waals surface area contributed by atoms with Gasteiger partial charge in [-0.1, -0.05) is 37.7 Å². The highest BCUT2D eigenvalue weighted by atomic mass is 32.2. The van der Waals surface area contributed by atoms with Gasteiger partial charge in [0.2, 0.25) is 5.89 Å². The first-order chi connectivity index (χ1) is 8.45. The molecular formula is C12H16N4OS. The van der Waals surface area contributed by atoms with E-state index in [1.54, 1.807) is 18.0 Å². The van der Waals surface area contributed by atoms with E-state index in [4.69, 9.17) is 10.3 Å². The molecule has 96 valence electrons. The van der Waals surface area contributed by atoms with Crippen LogP contribution in [0.15, 0.2) is 27.9 Å². The number of thioether (sulfide) groups is 1. The predicted octanol–water partition coefficient (Wildman–Crippen LogP) is 2.64. The zero-order valence-electron chi connectivity index (χ0n) is 10.7. The Kier molecular flexibility index (Phi) is 3.56. The maximum atomic E-state index is 5.57. The Labute approximate surface area is 110 Å². The predicted molar refractivity (Wildman–Crippen MR) is 71.2 cm³/mol. The SMILES string of the molecule is CC(C)(C)c1nc(CSc2ccc(N)cn2)no1. The fraction of sp³-hybridized carbons (Fsp3) is 0.417. The van der Waals surface area contributed by atoms with E-state index >= 15 is 0 Å². The van der Waals surface area contributed by atoms with Gasteiger partial charge in [-0.3, -0.25) is 0 Å². The van der Waals surface area contributed by atoms with Crippen molar-refractivity contribution in [2.24, 2.45) is 0 Å². The first-order valence-electron chi connectivity index (χ1n) is 5.62. The van der Waals surface area contributed by atoms with Crippen LogP contribution in [-0.4, -0.2) is 15.1 Å². The molecule has 0 unspecified atom stereocenters. The number of anilines is 1. The second-order valence-electron chi connectivity index (χ2n) is 4.98. The minimum absolute atomic E-state index is 0.116. The molecule has 2 aromatic heterocycles. The second kappa shape index (κ2) is 4.97. The van der Waals surface area contributed by atoms with Crippen molar-refractivity contribution in [3.05, 3.63) is 30.0 Å². The van der Waals surface area contributed by atoms with E-state index in [9.17, 15) is 0 Å². The molecule has 2 rings (SSSR count). The standard InChI is InChI=1S/C12H16N4OS/c1-12(2,3)11-15-9(16-17-11)7-18-10-5-4-8(13)6-14-10/h4-6H,7,13H2,1-3H3. The lowest BCUT2D eigenvalue weighted by molar-refractivity contribution is 0.319. The van der Waals surface area contributed by atoms with Gasteiger partial charge in [0.25, 0.3) is 0 Å². The molecule has 2 N–H and O–H groups in total. The summed E-state index contributed by atoms with van der Waals surface area (Å²) in [5.74, 6) is 1.98. The zero-order chi connectivity index (χ0) is 13.2. The van der Waals surface area contributed by atoms with Crippen LogP contribution in [0.1, 0.15) is 32.5 Å². The highest BCUT2D eigenvalue weighted by Gasteiger charge is 2.21. The Morgan fingerprint density at radius 2 is 2.11 bits per heavy atom. The van der Waals surface area contributed by atoms with Crippen LogP contribution >= 0.6 is 11.8 Å². The number of nitrogens with zero attached hydrogens (tertiary/aromatic N) is 3. The molecule has 0 aliphatic rings. The first-order valence-corrected chi connectivity index (χ1v) is 6.61. The van der Waals surface area contributed by atoms with Crippen molar-refractivity contribution in [3.8, 4) is 0 Å². The van der Waals surface area contributed by atoms with E-state index in [0.29, 0.717) is 23.2 Å². The molecule has 0 saturated heterocycles. The molecule has 0 aliphatic heterocycles. The molecule has 18 heavy (non-hydrogen) atoms. The third-order valence-corrected chi connectivity index (χ3v) is 3.16. The van der Waals surface area contributed by atoms with Crippen molar-refractivity contribution in [3.63, 3.8) is 0 Å². The van der Waals surface area contributed by atoms with E-state index in [2.05, 4.69) is 15.1 Å². The average Bonchev–Trinajstić information content (AvgIpc) is 2.77. The van der Waals surface area contributed by atoms with Gasteiger partial charge >= 0.3 is 0 Å². The highest BCUT2D eigenvalue weighted by molar-refractivity contribution is 7.98. The van der Waals surface area contributed by atoms with Gasteiger partial charge in [-0.05, 0) is 12.1 Å². The lowest BCUT2D eigenvalue weighted by Gasteiger charge is -2.10. The normalized spacial score (nSPS) is 11.7. The molecule has 0 saturated carbocycles. The minimum atomic E-state index is -0.116. The van der Waals surface area contributed by atoms with Gasteiger partial charge in [0.15, 0.2) is 5.82 Å². The highest BCUT2D eigenvalue weighted by Crippen LogP contribution is 2.23. The van der Waals surface area contributed by atoms with Crippen molar-refractivity contribution >= 4 is 17.4 Å². The van der Waals surface area contributed by atoms with Gasteiger partial charge in [-0.2, -0.15) is 4.98 Å². The number of rotatable bonds is 3. The molecule has 0 fully saturated rings. The summed E-state index contributed by atoms with van der Waals surface area (Å²) in [7, 11) is 0. The van der Waals surface area contributed by atoms with Crippen LogP contribution in [0.5, 0.6) is 0 Å². The van der Waals surface area contributed by atoms with E-state index < -0.39 is 0 Å². The van der Waals surface area contributed by atoms with Crippen LogP contribution in [0, 0.1) is 0 Å². The number of pyridine rings is 1. The van der Waals surface area contributed by atoms with Gasteiger partial charge in [0.05, 0.1) is 22.7 Å². The van der Waals surface area contributed by atoms with Crippen LogP contribution in [0.4, 0.5) is 5.69 Å². The Bertz CT molecular complexity index is 516. The maximum Gasteiger partial charge on any atom is 0.232 e. The summed E-state index contributed by atoms with van der Waals surface area (Å²) in [5, 5.41) is 4.85. The Hall–Kier alpha value is -1.56. The fourth-order valence-electron chi connectivity index (χ4n) is 1.23. The number of hydrogen-bond acceptors (Lipinski definition) is 6. The molecule has 0 aliphatic carbocycles. The zero-order valence-corrected chi connectivity index (χ0v) is 11.5. The van der Waals surface area contributed by atoms with Crippen molar-refractivity contribution in [2.45, 2.75) is 37.0 Å². The molecule has 0 atom stereocenters. The third-order valence-electron chi connectivity index (χ3n) is 2.22. The molecular weight excluding hydrogens is 248 g/mol. The fourth-order valence-corrected chi connectivity index (χ4v) is 1.92. The Morgan fingerprint density at radius 3 is 2.67 bits per heavy atom. The largest absolute Gasteiger partial charge is 0.397 e. The number of aromatic nitrogens is 3. The van der Waals surface area contributed by atoms with Gasteiger partial charge in [0, 0.05) is 5.41 Å². The summed E-state index contributed by atoms with van der Waals surface area (Å²) in [6.07, 6.45) is 1.64. The lowest BCUT2D eigenvalue weighted by Crippen LogP contribution is -2.11. The first kappa shape index (κ1) is 12.9. The van der Waals surface area contributed by atoms with Gasteiger partial charge < -0.3 is 10.3 Å². The second-order valence-corrected chi connectivity index (χ2v) is 5.98. The van der Waals surface area contributed by atoms with Crippen LogP contribution < -0.4 is 5.73 Å². The molecule has 0 bridgehead atoms. The van der Waals surface area contributed by atoms with Crippen molar-refractivity contribution < 1.29 is 4.52 Å². The summed E-state index contributed by atoms with van der Waals surface area (Å²) < 4.78 is 5.22. The molecule has 0 aromatic carbocycles. The van der Waals surface area contributed by atoms with Crippen molar-refractivity contribution in [1.29, 1.82) is 0 Å². The molecule has 0 radical (unpaired) electrons. The molecule has 2 aromatic rings. The van der Waals surface area contributed by atoms with Gasteiger partial charge in [-0.15, -0.1) is 0 Å². The summed E-state index contributed by atoms with van der Waals surface area (Å²) in [6.45, 7) is 6.12. The number of nitrogen functional groups attached to an aromatic ring is 1. The Balaban J connectivity index is 1.98. The molecule has 0 amide bonds. The van der Waals surface area contributed by atoms with Crippen molar-refractivity contribution in [2.75, 3.05) is 5.73 Å². The number of nitrogens with two attached hydrogens (primary N) is 1. The molecule has 2 heterocycles. The van der Waals surface area contributed by atoms with E-state index in [0.717, 1.165) is 5.03 Å². The Morgan fingerprint density at radius 1 is 1.33 bits per heavy atom. The topological polar surface area (TPSA) is 77.8 Å². The summed E-state index contributed by atoms with van der Waals surface area (Å²) >= 11 is 1.55. The van der Waals surface area contributed by atoms with Gasteiger partial charge in [-0.25, -0.2) is 4.98 Å². The summed E-state index contributed by atoms with van der Waals surface area (Å²) in [4.78, 5) is 8.56. The van der Waals surface area contributed by atoms with Crippen LogP contribution in [0.2, 0.25) is 0 Å². The van der Waals surface area contributed by atoms with Crippen LogP contribution in [-0.2, 0) is 11.2 Å². The van der Waals surface area contributed by atoms with E-state index in [1.165, 1.54) is 0 Å². The minimum Gasteiger partial charge on any atom is -0.397 e. The van der Waals surface area contributed by atoms with Gasteiger partial charge in [0.1, 0.15) is 0 Å². The summed E-state index contributed by atoms with van der Waals surface area (Å²) in [6, 6.07) is 3.71. The van der Waals surface area contributed by atoms with E-state index in [-0.39, 0.29) is 5.41 Å². The smallest absolute Gasteiger partial charge is 0.232 e. The van der Waals surface area contributed by atoms with Crippen molar-refractivity contribution in [1.82, 2.24) is 15.1 Å². The number of hydrogen-bond donors (Lipinski definition) is 1. The van der Waals surface area contributed by atoms with E-state index in [1.807, 2.05) is 32.9 Å². The molecule has 0 spiro atoms. The average molecular weight is 264 g/mol. The van der Waals surface area contributed by atoms with Crippen LogP contribution in [0.3, 0.4) is 0 Å². The third kappa shape index (κ3) is 3.22. The molecule has 5 nitrogen and oxygen atoms in total. The quantitative estimate of drug-likeness (QED) is 0.859. The van der Waals surface area contributed by atoms with Crippen LogP contribution in [0.25, 0.3) is 0 Å². The maximum absolute atomic E-state index is 5.57. The lowest BCUT2D eigenvalue weighted by atomic mass is 9.97. The monoisotopic (exact) mass is 264 g/mol. The molecule has 6 heteroatoms.